The summed E-state index contributed by atoms with van der Waals surface area (Å²) in [6, 6.07) is 21.0. The minimum absolute atomic E-state index is 0.0150. The Morgan fingerprint density at radius 3 is 2.50 bits per heavy atom. The van der Waals surface area contributed by atoms with E-state index in [-0.39, 0.29) is 18.0 Å². The summed E-state index contributed by atoms with van der Waals surface area (Å²) < 4.78 is 25.2. The summed E-state index contributed by atoms with van der Waals surface area (Å²) in [5, 5.41) is 12.2. The first kappa shape index (κ1) is 23.3. The van der Waals surface area contributed by atoms with Gasteiger partial charge >= 0.3 is 0 Å². The molecule has 0 spiro atoms. The summed E-state index contributed by atoms with van der Waals surface area (Å²) in [6.07, 6.45) is 1.51. The molecule has 0 radical (unpaired) electrons. The molecule has 5 nitrogen and oxygen atoms in total. The summed E-state index contributed by atoms with van der Waals surface area (Å²) in [6.45, 7) is 0.572. The molecule has 0 bridgehead atoms. The highest BCUT2D eigenvalue weighted by Crippen LogP contribution is 2.35. The van der Waals surface area contributed by atoms with Crippen LogP contribution in [-0.2, 0) is 17.9 Å². The lowest BCUT2D eigenvalue weighted by Gasteiger charge is -2.14. The Hall–Kier alpha value is -3.38. The van der Waals surface area contributed by atoms with Gasteiger partial charge in [0.1, 0.15) is 24.1 Å². The molecular formula is C25H20FIN2O3. The zero-order valence-electron chi connectivity index (χ0n) is 17.3. The number of amides is 1. The molecule has 7 heteroatoms. The summed E-state index contributed by atoms with van der Waals surface area (Å²) in [4.78, 5) is 12.5. The summed E-state index contributed by atoms with van der Waals surface area (Å²) in [5.74, 6) is 0.231. The molecule has 32 heavy (non-hydrogen) atoms. The van der Waals surface area contributed by atoms with E-state index in [1.54, 1.807) is 24.3 Å². The predicted octanol–water partition coefficient (Wildman–Crippen LogP) is 5.24. The number of ether oxygens (including phenoxy) is 2. The number of nitrogens with zero attached hydrogens (tertiary/aromatic N) is 1. The zero-order valence-corrected chi connectivity index (χ0v) is 19.4. The van der Waals surface area contributed by atoms with Crippen LogP contribution in [0.1, 0.15) is 16.7 Å². The molecule has 0 aliphatic rings. The Labute approximate surface area is 199 Å². The van der Waals surface area contributed by atoms with Crippen LogP contribution in [0.25, 0.3) is 6.08 Å². The van der Waals surface area contributed by atoms with E-state index in [2.05, 4.69) is 27.9 Å². The van der Waals surface area contributed by atoms with Crippen LogP contribution in [0.4, 0.5) is 4.39 Å². The number of nitriles is 1. The van der Waals surface area contributed by atoms with E-state index in [1.807, 2.05) is 36.4 Å². The molecule has 162 valence electrons. The van der Waals surface area contributed by atoms with Crippen LogP contribution in [0.15, 0.2) is 72.3 Å². The fourth-order valence-electron chi connectivity index (χ4n) is 2.89. The highest BCUT2D eigenvalue weighted by atomic mass is 127. The van der Waals surface area contributed by atoms with Gasteiger partial charge in [0.2, 0.25) is 0 Å². The Morgan fingerprint density at radius 1 is 1.12 bits per heavy atom. The van der Waals surface area contributed by atoms with Gasteiger partial charge in [-0.3, -0.25) is 4.79 Å². The van der Waals surface area contributed by atoms with E-state index in [0.717, 1.165) is 14.7 Å². The Morgan fingerprint density at radius 2 is 1.84 bits per heavy atom. The molecule has 3 rings (SSSR count). The molecule has 0 saturated heterocycles. The fraction of sp³-hybridized carbons (Fsp3) is 0.120. The van der Waals surface area contributed by atoms with Crippen LogP contribution in [0.5, 0.6) is 11.5 Å². The van der Waals surface area contributed by atoms with E-state index < -0.39 is 5.91 Å². The highest BCUT2D eigenvalue weighted by Gasteiger charge is 2.14. The smallest absolute Gasteiger partial charge is 0.262 e. The summed E-state index contributed by atoms with van der Waals surface area (Å²) >= 11 is 2.11. The van der Waals surface area contributed by atoms with Crippen molar-refractivity contribution in [1.82, 2.24) is 5.32 Å². The lowest BCUT2D eigenvalue weighted by Crippen LogP contribution is -2.23. The van der Waals surface area contributed by atoms with Crippen LogP contribution in [0.3, 0.4) is 0 Å². The predicted molar refractivity (Wildman–Crippen MR) is 128 cm³/mol. The Bertz CT molecular complexity index is 1160. The second-order valence-corrected chi connectivity index (χ2v) is 7.95. The molecule has 1 N–H and O–H groups in total. The minimum Gasteiger partial charge on any atom is -0.493 e. The number of hydrogen-bond donors (Lipinski definition) is 1. The average molecular weight is 542 g/mol. The molecule has 3 aromatic carbocycles. The van der Waals surface area contributed by atoms with E-state index in [4.69, 9.17) is 9.47 Å². The third-order valence-electron chi connectivity index (χ3n) is 4.52. The monoisotopic (exact) mass is 542 g/mol. The number of rotatable bonds is 8. The van der Waals surface area contributed by atoms with Crippen LogP contribution in [0, 0.1) is 20.7 Å². The zero-order chi connectivity index (χ0) is 22.9. The molecule has 0 heterocycles. The quantitative estimate of drug-likeness (QED) is 0.240. The first-order chi connectivity index (χ1) is 15.5. The average Bonchev–Trinajstić information content (AvgIpc) is 2.81. The van der Waals surface area contributed by atoms with Gasteiger partial charge in [-0.15, -0.1) is 0 Å². The van der Waals surface area contributed by atoms with E-state index in [9.17, 15) is 14.4 Å². The molecule has 0 unspecified atom stereocenters. The van der Waals surface area contributed by atoms with Gasteiger partial charge in [-0.25, -0.2) is 4.39 Å². The van der Waals surface area contributed by atoms with Gasteiger partial charge in [-0.2, -0.15) is 5.26 Å². The van der Waals surface area contributed by atoms with Gasteiger partial charge in [0.25, 0.3) is 5.91 Å². The van der Waals surface area contributed by atoms with Crippen molar-refractivity contribution in [2.75, 3.05) is 7.11 Å². The number of benzene rings is 3. The topological polar surface area (TPSA) is 71.3 Å². The van der Waals surface area contributed by atoms with Crippen molar-refractivity contribution >= 4 is 34.6 Å². The SMILES string of the molecule is COc1cc(/C=C(/C#N)C(=O)NCc2ccccc2)cc(I)c1OCc1ccc(F)cc1. The summed E-state index contributed by atoms with van der Waals surface area (Å²) in [5.41, 5.74) is 2.37. The third kappa shape index (κ3) is 6.31. The maximum Gasteiger partial charge on any atom is 0.262 e. The lowest BCUT2D eigenvalue weighted by molar-refractivity contribution is -0.117. The Balaban J connectivity index is 1.75. The standard InChI is InChI=1S/C25H20FIN2O3/c1-31-23-13-19(11-20(14-28)25(30)29-15-17-5-3-2-4-6-17)12-22(27)24(23)32-16-18-7-9-21(26)10-8-18/h2-13H,15-16H2,1H3,(H,29,30)/b20-11-. The van der Waals surface area contributed by atoms with Crippen LogP contribution >= 0.6 is 22.6 Å². The molecule has 0 saturated carbocycles. The van der Waals surface area contributed by atoms with Crippen molar-refractivity contribution < 1.29 is 18.7 Å². The Kier molecular flexibility index (Phi) is 8.22. The highest BCUT2D eigenvalue weighted by molar-refractivity contribution is 14.1. The van der Waals surface area contributed by atoms with Gasteiger partial charge in [0.05, 0.1) is 10.7 Å². The first-order valence-electron chi connectivity index (χ1n) is 9.69. The van der Waals surface area contributed by atoms with Crippen LogP contribution in [-0.4, -0.2) is 13.0 Å². The van der Waals surface area contributed by atoms with Crippen molar-refractivity contribution in [3.8, 4) is 17.6 Å². The molecule has 0 aliphatic heterocycles. The van der Waals surface area contributed by atoms with E-state index >= 15 is 0 Å². The van der Waals surface area contributed by atoms with Gasteiger partial charge in [0.15, 0.2) is 11.5 Å². The van der Waals surface area contributed by atoms with Crippen molar-refractivity contribution in [1.29, 1.82) is 5.26 Å². The normalized spacial score (nSPS) is 10.9. The number of nitrogens with one attached hydrogen (secondary N) is 1. The number of carbonyl (C=O) groups is 1. The van der Waals surface area contributed by atoms with Gasteiger partial charge in [-0.1, -0.05) is 42.5 Å². The molecular weight excluding hydrogens is 522 g/mol. The maximum atomic E-state index is 13.1. The number of hydrogen-bond acceptors (Lipinski definition) is 4. The lowest BCUT2D eigenvalue weighted by atomic mass is 10.1. The van der Waals surface area contributed by atoms with Crippen LogP contribution in [0.2, 0.25) is 0 Å². The van der Waals surface area contributed by atoms with Crippen molar-refractivity contribution in [2.45, 2.75) is 13.2 Å². The fourth-order valence-corrected chi connectivity index (χ4v) is 3.67. The van der Waals surface area contributed by atoms with Crippen LogP contribution < -0.4 is 14.8 Å². The second kappa shape index (κ2) is 11.3. The number of halogens is 2. The van der Waals surface area contributed by atoms with Crippen molar-refractivity contribution in [2.24, 2.45) is 0 Å². The number of carbonyl (C=O) groups excluding carboxylic acids is 1. The maximum absolute atomic E-state index is 13.1. The number of methoxy groups -OCH3 is 1. The molecule has 0 aliphatic carbocycles. The molecule has 0 aromatic heterocycles. The van der Waals surface area contributed by atoms with Crippen molar-refractivity contribution in [3.63, 3.8) is 0 Å². The molecule has 1 amide bonds. The molecule has 0 fully saturated rings. The van der Waals surface area contributed by atoms with Gasteiger partial charge < -0.3 is 14.8 Å². The van der Waals surface area contributed by atoms with E-state index in [0.29, 0.717) is 23.6 Å². The second-order valence-electron chi connectivity index (χ2n) is 6.79. The van der Waals surface area contributed by atoms with Gasteiger partial charge in [-0.05, 0) is 69.6 Å². The minimum atomic E-state index is -0.457. The summed E-state index contributed by atoms with van der Waals surface area (Å²) in [7, 11) is 1.52. The van der Waals surface area contributed by atoms with Crippen molar-refractivity contribution in [3.05, 3.63) is 98.4 Å². The third-order valence-corrected chi connectivity index (χ3v) is 5.32. The first-order valence-corrected chi connectivity index (χ1v) is 10.8. The largest absolute Gasteiger partial charge is 0.493 e. The molecule has 3 aromatic rings. The van der Waals surface area contributed by atoms with Gasteiger partial charge in [0, 0.05) is 6.54 Å². The van der Waals surface area contributed by atoms with E-state index in [1.165, 1.54) is 25.3 Å². The molecule has 0 atom stereocenters.